The van der Waals surface area contributed by atoms with Gasteiger partial charge in [0.25, 0.3) is 5.91 Å². The number of aromatic nitrogens is 2. The maximum absolute atomic E-state index is 12.3. The highest BCUT2D eigenvalue weighted by Gasteiger charge is 2.12. The Bertz CT molecular complexity index is 670. The van der Waals surface area contributed by atoms with Gasteiger partial charge in [-0.05, 0) is 30.5 Å². The highest BCUT2D eigenvalue weighted by Crippen LogP contribution is 2.24. The first-order valence-electron chi connectivity index (χ1n) is 7.65. The van der Waals surface area contributed by atoms with Crippen LogP contribution in [0.5, 0.6) is 5.75 Å². The molecular formula is C16H22N4O2S. The fourth-order valence-corrected chi connectivity index (χ4v) is 2.89. The van der Waals surface area contributed by atoms with Crippen molar-refractivity contribution in [1.29, 1.82) is 0 Å². The number of rotatable bonds is 7. The summed E-state index contributed by atoms with van der Waals surface area (Å²) in [5, 5.41) is 12.2. The number of nitrogens with one attached hydrogen (secondary N) is 1. The lowest BCUT2D eigenvalue weighted by atomic mass is 10.1. The molecule has 0 saturated carbocycles. The van der Waals surface area contributed by atoms with Gasteiger partial charge in [-0.1, -0.05) is 32.1 Å². The van der Waals surface area contributed by atoms with E-state index >= 15 is 0 Å². The van der Waals surface area contributed by atoms with Crippen LogP contribution in [0, 0.1) is 5.92 Å². The molecule has 0 fully saturated rings. The monoisotopic (exact) mass is 334 g/mol. The van der Waals surface area contributed by atoms with Gasteiger partial charge in [0.2, 0.25) is 5.13 Å². The minimum Gasteiger partial charge on any atom is -0.491 e. The van der Waals surface area contributed by atoms with E-state index in [0.717, 1.165) is 17.8 Å². The second-order valence-electron chi connectivity index (χ2n) is 5.65. The van der Waals surface area contributed by atoms with Gasteiger partial charge < -0.3 is 10.5 Å². The molecule has 1 aromatic heterocycles. The SMILES string of the molecule is CCCOc1ccc(C(=O)Nc2nnc(CC(C)C)s2)cc1N. The molecule has 0 saturated heterocycles. The van der Waals surface area contributed by atoms with Crippen molar-refractivity contribution in [2.45, 2.75) is 33.6 Å². The molecular weight excluding hydrogens is 312 g/mol. The molecule has 0 atom stereocenters. The van der Waals surface area contributed by atoms with Gasteiger partial charge in [0, 0.05) is 12.0 Å². The Morgan fingerprint density at radius 2 is 2.17 bits per heavy atom. The van der Waals surface area contributed by atoms with E-state index in [0.29, 0.717) is 34.7 Å². The lowest BCUT2D eigenvalue weighted by molar-refractivity contribution is 0.102. The van der Waals surface area contributed by atoms with Crippen molar-refractivity contribution in [3.8, 4) is 5.75 Å². The van der Waals surface area contributed by atoms with Crippen molar-refractivity contribution in [2.75, 3.05) is 17.7 Å². The van der Waals surface area contributed by atoms with E-state index in [4.69, 9.17) is 10.5 Å². The first-order chi connectivity index (χ1) is 11.0. The minimum absolute atomic E-state index is 0.258. The summed E-state index contributed by atoms with van der Waals surface area (Å²) < 4.78 is 5.50. The van der Waals surface area contributed by atoms with E-state index in [9.17, 15) is 4.79 Å². The number of nitrogens with zero attached hydrogens (tertiary/aromatic N) is 2. The number of benzene rings is 1. The topological polar surface area (TPSA) is 90.1 Å². The first kappa shape index (κ1) is 17.2. The van der Waals surface area contributed by atoms with Gasteiger partial charge in [-0.3, -0.25) is 10.1 Å². The number of anilines is 2. The second-order valence-corrected chi connectivity index (χ2v) is 6.72. The summed E-state index contributed by atoms with van der Waals surface area (Å²) in [4.78, 5) is 12.3. The van der Waals surface area contributed by atoms with Crippen molar-refractivity contribution in [1.82, 2.24) is 10.2 Å². The Hall–Kier alpha value is -2.15. The van der Waals surface area contributed by atoms with Crippen LogP contribution >= 0.6 is 11.3 Å². The molecule has 0 aliphatic carbocycles. The summed E-state index contributed by atoms with van der Waals surface area (Å²) in [6.45, 7) is 6.85. The normalized spacial score (nSPS) is 10.8. The second kappa shape index (κ2) is 7.92. The average molecular weight is 334 g/mol. The third-order valence-corrected chi connectivity index (χ3v) is 3.86. The molecule has 6 nitrogen and oxygen atoms in total. The quantitative estimate of drug-likeness (QED) is 0.758. The number of carbonyl (C=O) groups is 1. The standard InChI is InChI=1S/C16H22N4O2S/c1-4-7-22-13-6-5-11(9-12(13)17)15(21)18-16-20-19-14(23-16)8-10(2)3/h5-6,9-10H,4,7-8,17H2,1-3H3,(H,18,20,21). The predicted octanol–water partition coefficient (Wildman–Crippen LogP) is 3.36. The lowest BCUT2D eigenvalue weighted by Crippen LogP contribution is -2.12. The third-order valence-electron chi connectivity index (χ3n) is 3.00. The summed E-state index contributed by atoms with van der Waals surface area (Å²) in [7, 11) is 0. The van der Waals surface area contributed by atoms with Crippen LogP contribution in [0.2, 0.25) is 0 Å². The van der Waals surface area contributed by atoms with Crippen LogP contribution in [-0.4, -0.2) is 22.7 Å². The highest BCUT2D eigenvalue weighted by molar-refractivity contribution is 7.15. The number of amides is 1. The number of nitrogens with two attached hydrogens (primary N) is 1. The molecule has 0 radical (unpaired) electrons. The van der Waals surface area contributed by atoms with E-state index in [2.05, 4.69) is 29.4 Å². The molecule has 0 unspecified atom stereocenters. The molecule has 1 amide bonds. The Labute approximate surface area is 140 Å². The zero-order valence-corrected chi connectivity index (χ0v) is 14.4. The van der Waals surface area contributed by atoms with Crippen molar-refractivity contribution in [2.24, 2.45) is 5.92 Å². The molecule has 0 bridgehead atoms. The predicted molar refractivity (Wildman–Crippen MR) is 93.0 cm³/mol. The Morgan fingerprint density at radius 1 is 1.39 bits per heavy atom. The molecule has 0 aliphatic heterocycles. The van der Waals surface area contributed by atoms with Gasteiger partial charge in [-0.25, -0.2) is 0 Å². The fraction of sp³-hybridized carbons (Fsp3) is 0.438. The molecule has 0 aliphatic rings. The van der Waals surface area contributed by atoms with Crippen LogP contribution < -0.4 is 15.8 Å². The Balaban J connectivity index is 2.02. The van der Waals surface area contributed by atoms with Gasteiger partial charge in [-0.2, -0.15) is 0 Å². The zero-order chi connectivity index (χ0) is 16.8. The summed E-state index contributed by atoms with van der Waals surface area (Å²) >= 11 is 1.39. The zero-order valence-electron chi connectivity index (χ0n) is 13.6. The molecule has 7 heteroatoms. The summed E-state index contributed by atoms with van der Waals surface area (Å²) in [6.07, 6.45) is 1.75. The van der Waals surface area contributed by atoms with E-state index < -0.39 is 0 Å². The molecule has 1 heterocycles. The van der Waals surface area contributed by atoms with E-state index in [1.54, 1.807) is 18.2 Å². The average Bonchev–Trinajstić information content (AvgIpc) is 2.92. The first-order valence-corrected chi connectivity index (χ1v) is 8.47. The maximum Gasteiger partial charge on any atom is 0.257 e. The van der Waals surface area contributed by atoms with Gasteiger partial charge >= 0.3 is 0 Å². The molecule has 0 spiro atoms. The van der Waals surface area contributed by atoms with Gasteiger partial charge in [0.1, 0.15) is 10.8 Å². The van der Waals surface area contributed by atoms with Crippen LogP contribution in [0.25, 0.3) is 0 Å². The molecule has 3 N–H and O–H groups in total. The van der Waals surface area contributed by atoms with E-state index in [1.807, 2.05) is 6.92 Å². The van der Waals surface area contributed by atoms with Crippen LogP contribution in [-0.2, 0) is 6.42 Å². The Kier molecular flexibility index (Phi) is 5.92. The van der Waals surface area contributed by atoms with Gasteiger partial charge in [-0.15, -0.1) is 10.2 Å². The van der Waals surface area contributed by atoms with Crippen LogP contribution in [0.1, 0.15) is 42.6 Å². The smallest absolute Gasteiger partial charge is 0.257 e. The molecule has 124 valence electrons. The van der Waals surface area contributed by atoms with Crippen molar-refractivity contribution in [3.05, 3.63) is 28.8 Å². The minimum atomic E-state index is -0.258. The lowest BCUT2D eigenvalue weighted by Gasteiger charge is -2.09. The Morgan fingerprint density at radius 3 is 2.83 bits per heavy atom. The maximum atomic E-state index is 12.3. The van der Waals surface area contributed by atoms with Crippen LogP contribution in [0.15, 0.2) is 18.2 Å². The van der Waals surface area contributed by atoms with Crippen molar-refractivity contribution >= 4 is 28.1 Å². The van der Waals surface area contributed by atoms with Gasteiger partial charge in [0.05, 0.1) is 12.3 Å². The van der Waals surface area contributed by atoms with Crippen LogP contribution in [0.4, 0.5) is 10.8 Å². The number of carbonyl (C=O) groups excluding carboxylic acids is 1. The van der Waals surface area contributed by atoms with Gasteiger partial charge in [0.15, 0.2) is 0 Å². The van der Waals surface area contributed by atoms with E-state index in [-0.39, 0.29) is 5.91 Å². The number of hydrogen-bond donors (Lipinski definition) is 2. The highest BCUT2D eigenvalue weighted by atomic mass is 32.1. The van der Waals surface area contributed by atoms with Crippen molar-refractivity contribution < 1.29 is 9.53 Å². The van der Waals surface area contributed by atoms with Crippen LogP contribution in [0.3, 0.4) is 0 Å². The van der Waals surface area contributed by atoms with Crippen molar-refractivity contribution in [3.63, 3.8) is 0 Å². The molecule has 2 rings (SSSR count). The summed E-state index contributed by atoms with van der Waals surface area (Å²) in [5.41, 5.74) is 6.83. The number of ether oxygens (including phenoxy) is 1. The molecule has 1 aromatic carbocycles. The number of hydrogen-bond acceptors (Lipinski definition) is 6. The number of nitrogen functional groups attached to an aromatic ring is 1. The van der Waals surface area contributed by atoms with E-state index in [1.165, 1.54) is 11.3 Å². The molecule has 23 heavy (non-hydrogen) atoms. The fourth-order valence-electron chi connectivity index (χ4n) is 1.94. The third kappa shape index (κ3) is 4.92. The summed E-state index contributed by atoms with van der Waals surface area (Å²) in [6, 6.07) is 5.01. The largest absolute Gasteiger partial charge is 0.491 e. The summed E-state index contributed by atoms with van der Waals surface area (Å²) in [5.74, 6) is 0.839. The molecule has 2 aromatic rings.